The first-order valence-electron chi connectivity index (χ1n) is 9.29. The Morgan fingerprint density at radius 3 is 2.40 bits per heavy atom. The molecule has 0 radical (unpaired) electrons. The van der Waals surface area contributed by atoms with Crippen molar-refractivity contribution in [3.05, 3.63) is 81.9 Å². The number of aromatic nitrogens is 1. The maximum Gasteiger partial charge on any atom is 0.256 e. The second kappa shape index (κ2) is 8.71. The fourth-order valence-corrected chi connectivity index (χ4v) is 3.78. The molecule has 3 aromatic carbocycles. The molecule has 0 atom stereocenters. The Labute approximate surface area is 188 Å². The van der Waals surface area contributed by atoms with E-state index in [0.29, 0.717) is 22.8 Å². The lowest BCUT2D eigenvalue weighted by Crippen LogP contribution is -2.14. The zero-order valence-corrected chi connectivity index (χ0v) is 18.6. The zero-order valence-electron chi connectivity index (χ0n) is 16.5. The highest BCUT2D eigenvalue weighted by Gasteiger charge is 2.16. The molecule has 0 aliphatic heterocycles. The number of nitrogens with zero attached hydrogens (tertiary/aromatic N) is 1. The van der Waals surface area contributed by atoms with Crippen molar-refractivity contribution in [1.29, 1.82) is 0 Å². The van der Waals surface area contributed by atoms with Crippen molar-refractivity contribution in [1.82, 2.24) is 4.98 Å². The minimum Gasteiger partial charge on any atom is -0.493 e. The van der Waals surface area contributed by atoms with Gasteiger partial charge in [0.1, 0.15) is 0 Å². The van der Waals surface area contributed by atoms with Crippen LogP contribution in [0.15, 0.2) is 72.8 Å². The van der Waals surface area contributed by atoms with Crippen molar-refractivity contribution in [3.63, 3.8) is 0 Å². The van der Waals surface area contributed by atoms with Crippen molar-refractivity contribution in [3.8, 4) is 22.8 Å². The van der Waals surface area contributed by atoms with Gasteiger partial charge in [-0.1, -0.05) is 30.3 Å². The zero-order chi connectivity index (χ0) is 21.1. The number of hydrogen-bond donors (Lipinski definition) is 1. The monoisotopic (exact) mass is 510 g/mol. The molecule has 1 aromatic heterocycles. The number of carbonyl (C=O) groups excluding carboxylic acids is 1. The third-order valence-corrected chi connectivity index (χ3v) is 5.70. The molecule has 4 aromatic rings. The maximum absolute atomic E-state index is 13.2. The Kier molecular flexibility index (Phi) is 5.85. The van der Waals surface area contributed by atoms with E-state index in [0.717, 1.165) is 25.7 Å². The summed E-state index contributed by atoms with van der Waals surface area (Å²) in [5.74, 6) is 1.06. The van der Waals surface area contributed by atoms with Crippen molar-refractivity contribution in [2.24, 2.45) is 0 Å². The third kappa shape index (κ3) is 3.95. The molecule has 1 heterocycles. The van der Waals surface area contributed by atoms with Crippen LogP contribution in [0.25, 0.3) is 22.2 Å². The first-order valence-corrected chi connectivity index (χ1v) is 10.4. The predicted molar refractivity (Wildman–Crippen MR) is 127 cm³/mol. The quantitative estimate of drug-likeness (QED) is 0.346. The van der Waals surface area contributed by atoms with E-state index in [-0.39, 0.29) is 5.91 Å². The molecule has 1 amide bonds. The molecule has 0 aliphatic carbocycles. The number of para-hydroxylation sites is 2. The molecule has 5 nitrogen and oxygen atoms in total. The normalized spacial score (nSPS) is 10.6. The number of nitrogens with one attached hydrogen (secondary N) is 1. The summed E-state index contributed by atoms with van der Waals surface area (Å²) in [5.41, 5.74) is 3.60. The first-order chi connectivity index (χ1) is 14.6. The smallest absolute Gasteiger partial charge is 0.256 e. The molecular weight excluding hydrogens is 491 g/mol. The Morgan fingerprint density at radius 2 is 1.63 bits per heavy atom. The van der Waals surface area contributed by atoms with E-state index < -0.39 is 0 Å². The number of fused-ring (bicyclic) bond motifs is 1. The highest BCUT2D eigenvalue weighted by Crippen LogP contribution is 2.33. The van der Waals surface area contributed by atoms with Gasteiger partial charge in [0.05, 0.1) is 36.7 Å². The lowest BCUT2D eigenvalue weighted by Gasteiger charge is -2.13. The van der Waals surface area contributed by atoms with Gasteiger partial charge in [0.2, 0.25) is 0 Å². The third-order valence-electron chi connectivity index (χ3n) is 4.76. The number of rotatable bonds is 5. The number of amides is 1. The van der Waals surface area contributed by atoms with E-state index in [1.54, 1.807) is 14.2 Å². The molecule has 0 aliphatic rings. The van der Waals surface area contributed by atoms with Crippen LogP contribution in [0.5, 0.6) is 11.5 Å². The highest BCUT2D eigenvalue weighted by atomic mass is 127. The van der Waals surface area contributed by atoms with Crippen LogP contribution in [0.4, 0.5) is 5.69 Å². The SMILES string of the molecule is COc1ccc(-c2cc(C(=O)Nc3ccccc3I)c3ccccc3n2)cc1OC. The number of methoxy groups -OCH3 is 2. The summed E-state index contributed by atoms with van der Waals surface area (Å²) < 4.78 is 11.7. The van der Waals surface area contributed by atoms with Gasteiger partial charge in [-0.05, 0) is 65.1 Å². The summed E-state index contributed by atoms with van der Waals surface area (Å²) in [7, 11) is 3.19. The molecule has 4 rings (SSSR count). The van der Waals surface area contributed by atoms with Gasteiger partial charge in [0.15, 0.2) is 11.5 Å². The van der Waals surface area contributed by atoms with Crippen molar-refractivity contribution in [2.45, 2.75) is 0 Å². The lowest BCUT2D eigenvalue weighted by atomic mass is 10.0. The van der Waals surface area contributed by atoms with Gasteiger partial charge < -0.3 is 14.8 Å². The lowest BCUT2D eigenvalue weighted by molar-refractivity contribution is 0.102. The van der Waals surface area contributed by atoms with Crippen molar-refractivity contribution in [2.75, 3.05) is 19.5 Å². The number of hydrogen-bond acceptors (Lipinski definition) is 4. The van der Waals surface area contributed by atoms with Gasteiger partial charge >= 0.3 is 0 Å². The molecule has 1 N–H and O–H groups in total. The first kappa shape index (κ1) is 20.2. The average Bonchev–Trinajstić information content (AvgIpc) is 2.79. The Morgan fingerprint density at radius 1 is 0.900 bits per heavy atom. The maximum atomic E-state index is 13.2. The standard InChI is InChI=1S/C24H19IN2O3/c1-29-22-12-11-15(13-23(22)30-2)21-14-17(16-7-3-5-9-19(16)26-21)24(28)27-20-10-6-4-8-18(20)25/h3-14H,1-2H3,(H,27,28). The van der Waals surface area contributed by atoms with Crippen LogP contribution >= 0.6 is 22.6 Å². The summed E-state index contributed by atoms with van der Waals surface area (Å²) >= 11 is 2.21. The van der Waals surface area contributed by atoms with E-state index in [4.69, 9.17) is 14.5 Å². The van der Waals surface area contributed by atoms with Crippen LogP contribution in [-0.4, -0.2) is 25.1 Å². The molecule has 0 saturated heterocycles. The number of halogens is 1. The Hall–Kier alpha value is -3.13. The summed E-state index contributed by atoms with van der Waals surface area (Å²) in [4.78, 5) is 18.0. The Bertz CT molecular complexity index is 1240. The number of pyridine rings is 1. The van der Waals surface area contributed by atoms with Crippen LogP contribution in [-0.2, 0) is 0 Å². The molecule has 150 valence electrons. The second-order valence-electron chi connectivity index (χ2n) is 6.58. The molecular formula is C24H19IN2O3. The van der Waals surface area contributed by atoms with Gasteiger partial charge in [-0.2, -0.15) is 0 Å². The van der Waals surface area contributed by atoms with Crippen LogP contribution in [0.2, 0.25) is 0 Å². The summed E-state index contributed by atoms with van der Waals surface area (Å²) in [6.07, 6.45) is 0. The van der Waals surface area contributed by atoms with Crippen molar-refractivity contribution < 1.29 is 14.3 Å². The topological polar surface area (TPSA) is 60.5 Å². The van der Waals surface area contributed by atoms with Gasteiger partial charge in [0.25, 0.3) is 5.91 Å². The minimum atomic E-state index is -0.181. The fourth-order valence-electron chi connectivity index (χ4n) is 3.26. The Balaban J connectivity index is 1.82. The van der Waals surface area contributed by atoms with Crippen LogP contribution in [0.1, 0.15) is 10.4 Å². The molecule has 0 spiro atoms. The number of carbonyl (C=O) groups is 1. The van der Waals surface area contributed by atoms with Gasteiger partial charge in [0, 0.05) is 14.5 Å². The molecule has 0 fully saturated rings. The van der Waals surface area contributed by atoms with Gasteiger partial charge in [-0.25, -0.2) is 4.98 Å². The van der Waals surface area contributed by atoms with Crippen LogP contribution in [0.3, 0.4) is 0 Å². The molecule has 0 bridgehead atoms. The number of anilines is 1. The number of ether oxygens (including phenoxy) is 2. The summed E-state index contributed by atoms with van der Waals surface area (Å²) in [5, 5.41) is 3.82. The predicted octanol–water partition coefficient (Wildman–Crippen LogP) is 5.78. The fraction of sp³-hybridized carbons (Fsp3) is 0.0833. The van der Waals surface area contributed by atoms with Crippen LogP contribution < -0.4 is 14.8 Å². The van der Waals surface area contributed by atoms with Gasteiger partial charge in [-0.15, -0.1) is 0 Å². The van der Waals surface area contributed by atoms with Gasteiger partial charge in [-0.3, -0.25) is 4.79 Å². The molecule has 30 heavy (non-hydrogen) atoms. The molecule has 6 heteroatoms. The average molecular weight is 510 g/mol. The van der Waals surface area contributed by atoms with E-state index >= 15 is 0 Å². The summed E-state index contributed by atoms with van der Waals surface area (Å²) in [6.45, 7) is 0. The minimum absolute atomic E-state index is 0.181. The van der Waals surface area contributed by atoms with Crippen molar-refractivity contribution >= 4 is 45.1 Å². The van der Waals surface area contributed by atoms with E-state index in [1.165, 1.54) is 0 Å². The van der Waals surface area contributed by atoms with E-state index in [9.17, 15) is 4.79 Å². The van der Waals surface area contributed by atoms with Crippen LogP contribution in [0, 0.1) is 3.57 Å². The molecule has 0 unspecified atom stereocenters. The summed E-state index contributed by atoms with van der Waals surface area (Å²) in [6, 6.07) is 22.7. The highest BCUT2D eigenvalue weighted by molar-refractivity contribution is 14.1. The second-order valence-corrected chi connectivity index (χ2v) is 7.74. The molecule has 0 saturated carbocycles. The largest absolute Gasteiger partial charge is 0.493 e. The van der Waals surface area contributed by atoms with E-state index in [1.807, 2.05) is 72.8 Å². The van der Waals surface area contributed by atoms with E-state index in [2.05, 4.69) is 27.9 Å². The number of benzene rings is 3.